The number of carboxylic acids is 1. The van der Waals surface area contributed by atoms with Crippen LogP contribution in [0.1, 0.15) is 73.9 Å². The average Bonchev–Trinajstić information content (AvgIpc) is 2.86. The highest BCUT2D eigenvalue weighted by Gasteiger charge is 2.23. The van der Waals surface area contributed by atoms with Gasteiger partial charge in [0.2, 0.25) is 5.90 Å². The van der Waals surface area contributed by atoms with Gasteiger partial charge in [-0.15, -0.1) is 0 Å². The predicted molar refractivity (Wildman–Crippen MR) is 146 cm³/mol. The Morgan fingerprint density at radius 3 is 2.78 bits per heavy atom. The van der Waals surface area contributed by atoms with Crippen LogP contribution in [0.5, 0.6) is 0 Å². The van der Waals surface area contributed by atoms with Gasteiger partial charge in [-0.1, -0.05) is 39.0 Å². The first-order valence-corrected chi connectivity index (χ1v) is 12.6. The van der Waals surface area contributed by atoms with Crippen molar-refractivity contribution in [2.45, 2.75) is 64.2 Å². The van der Waals surface area contributed by atoms with Crippen molar-refractivity contribution in [2.75, 3.05) is 25.5 Å². The number of fused-ring (bicyclic) bond motifs is 1. The van der Waals surface area contributed by atoms with Crippen LogP contribution in [0.4, 0.5) is 5.82 Å². The fourth-order valence-corrected chi connectivity index (χ4v) is 4.41. The Morgan fingerprint density at radius 2 is 2.11 bits per heavy atom. The predicted octanol–water partition coefficient (Wildman–Crippen LogP) is 4.69. The number of hydrogen-bond acceptors (Lipinski definition) is 7. The van der Waals surface area contributed by atoms with Crippen LogP contribution in [0.15, 0.2) is 47.1 Å². The second kappa shape index (κ2) is 12.4. The molecule has 1 unspecified atom stereocenters. The van der Waals surface area contributed by atoms with Gasteiger partial charge in [-0.05, 0) is 53.5 Å². The summed E-state index contributed by atoms with van der Waals surface area (Å²) in [6.45, 7) is 7.56. The molecule has 2 heterocycles. The zero-order chi connectivity index (χ0) is 27.0. The second-order valence-electron chi connectivity index (χ2n) is 10.4. The van der Waals surface area contributed by atoms with Gasteiger partial charge in [0, 0.05) is 43.4 Å². The van der Waals surface area contributed by atoms with Gasteiger partial charge >= 0.3 is 5.97 Å². The van der Waals surface area contributed by atoms with E-state index in [0.717, 1.165) is 36.5 Å². The minimum absolute atomic E-state index is 0.142. The van der Waals surface area contributed by atoms with Crippen molar-refractivity contribution in [2.24, 2.45) is 10.7 Å². The molecule has 1 aliphatic heterocycles. The number of aryl methyl sites for hydroxylation is 1. The Morgan fingerprint density at radius 1 is 1.32 bits per heavy atom. The molecule has 3 rings (SSSR count). The van der Waals surface area contributed by atoms with Crippen LogP contribution in [-0.4, -0.2) is 42.2 Å². The molecular formula is C29H37N5O3. The summed E-state index contributed by atoms with van der Waals surface area (Å²) < 4.78 is 5.85. The first-order valence-electron chi connectivity index (χ1n) is 12.6. The monoisotopic (exact) mass is 503 g/mol. The lowest BCUT2D eigenvalue weighted by Crippen LogP contribution is -2.16. The molecule has 0 fully saturated rings. The molecule has 1 aliphatic rings. The number of anilines is 1. The molecule has 0 amide bonds. The summed E-state index contributed by atoms with van der Waals surface area (Å²) in [4.78, 5) is 20.6. The van der Waals surface area contributed by atoms with Crippen molar-refractivity contribution in [1.82, 2.24) is 4.98 Å². The maximum atomic E-state index is 11.7. The van der Waals surface area contributed by atoms with Crippen LogP contribution in [-0.2, 0) is 27.8 Å². The van der Waals surface area contributed by atoms with E-state index in [2.05, 4.69) is 48.2 Å². The first kappa shape index (κ1) is 27.7. The number of carboxylic acid groups (broad SMARTS) is 1. The largest absolute Gasteiger partial charge is 0.481 e. The molecule has 0 saturated heterocycles. The molecule has 1 aromatic heterocycles. The van der Waals surface area contributed by atoms with E-state index in [4.69, 9.17) is 10.5 Å². The van der Waals surface area contributed by atoms with Crippen LogP contribution in [0.25, 0.3) is 0 Å². The van der Waals surface area contributed by atoms with Crippen molar-refractivity contribution in [1.29, 1.82) is 5.26 Å². The number of carbonyl (C=O) groups is 1. The number of nitrogens with two attached hydrogens (primary N) is 1. The molecule has 8 nitrogen and oxygen atoms in total. The summed E-state index contributed by atoms with van der Waals surface area (Å²) in [6.07, 6.45) is 4.53. The lowest BCUT2D eigenvalue weighted by molar-refractivity contribution is -0.137. The van der Waals surface area contributed by atoms with Gasteiger partial charge < -0.3 is 20.9 Å². The lowest BCUT2D eigenvalue weighted by Gasteiger charge is -2.23. The summed E-state index contributed by atoms with van der Waals surface area (Å²) >= 11 is 0. The summed E-state index contributed by atoms with van der Waals surface area (Å²) in [5.74, 6) is -0.0906. The van der Waals surface area contributed by atoms with Gasteiger partial charge in [0.05, 0.1) is 24.7 Å². The van der Waals surface area contributed by atoms with E-state index in [1.165, 1.54) is 5.56 Å². The number of nitriles is 1. The highest BCUT2D eigenvalue weighted by atomic mass is 16.5. The summed E-state index contributed by atoms with van der Waals surface area (Å²) in [5, 5.41) is 22.6. The molecule has 1 atom stereocenters. The number of nitrogens with zero attached hydrogens (tertiary/aromatic N) is 3. The highest BCUT2D eigenvalue weighted by molar-refractivity contribution is 5.88. The first-order chi connectivity index (χ1) is 17.6. The molecule has 37 heavy (non-hydrogen) atoms. The third-order valence-electron chi connectivity index (χ3n) is 6.47. The molecule has 0 spiro atoms. The fraction of sp³-hybridized carbons (Fsp3) is 0.448. The normalized spacial score (nSPS) is 14.8. The molecule has 0 saturated carbocycles. The van der Waals surface area contributed by atoms with Gasteiger partial charge in [-0.2, -0.15) is 5.26 Å². The third kappa shape index (κ3) is 7.81. The molecule has 8 heteroatoms. The van der Waals surface area contributed by atoms with Gasteiger partial charge in [0.15, 0.2) is 0 Å². The van der Waals surface area contributed by atoms with E-state index in [1.54, 1.807) is 19.2 Å². The summed E-state index contributed by atoms with van der Waals surface area (Å²) in [5.41, 5.74) is 11.0. The number of aliphatic carboxylic acids is 1. The number of benzene rings is 1. The fourth-order valence-electron chi connectivity index (χ4n) is 4.41. The van der Waals surface area contributed by atoms with Crippen LogP contribution >= 0.6 is 0 Å². The number of rotatable bonds is 9. The molecule has 1 aromatic carbocycles. The quantitative estimate of drug-likeness (QED) is 0.334. The van der Waals surface area contributed by atoms with E-state index >= 15 is 0 Å². The number of ether oxygens (including phenoxy) is 1. The van der Waals surface area contributed by atoms with Crippen molar-refractivity contribution < 1.29 is 14.6 Å². The smallest absolute Gasteiger partial charge is 0.303 e. The number of allylic oxidation sites excluding steroid dienone is 1. The standard InChI is InChI=1S/C29H37N5O3/c1-29(2,3)22-9-7-20(18-30)25(16-22)21(15-27(35)36)14-23(31)17-26(32-4)37-13-11-24-10-8-19-6-5-12-33-28(19)34-24/h7-10,16-17,21H,5-6,11-15,31H2,1-4H3,(H,33,34)(H,35,36)/b23-17-,32-26?. The van der Waals surface area contributed by atoms with Gasteiger partial charge in [0.1, 0.15) is 5.82 Å². The Hall–Kier alpha value is -3.86. The van der Waals surface area contributed by atoms with Crippen LogP contribution < -0.4 is 11.1 Å². The molecule has 2 aromatic rings. The number of pyridine rings is 1. The van der Waals surface area contributed by atoms with Crippen LogP contribution in [0.2, 0.25) is 0 Å². The second-order valence-corrected chi connectivity index (χ2v) is 10.4. The maximum absolute atomic E-state index is 11.7. The molecule has 196 valence electrons. The molecule has 0 aliphatic carbocycles. The Labute approximate surface area is 219 Å². The number of aromatic nitrogens is 1. The van der Waals surface area contributed by atoms with Crippen molar-refractivity contribution in [3.05, 3.63) is 70.1 Å². The molecule has 4 N–H and O–H groups in total. The summed E-state index contributed by atoms with van der Waals surface area (Å²) in [6, 6.07) is 12.0. The minimum Gasteiger partial charge on any atom is -0.481 e. The SMILES string of the molecule is CN=C(/C=C(\N)CC(CC(=O)O)c1cc(C(C)(C)C)ccc1C#N)OCCc1ccc2c(n1)NCCC2. The number of hydrogen-bond donors (Lipinski definition) is 3. The van der Waals surface area contributed by atoms with Crippen LogP contribution in [0.3, 0.4) is 0 Å². The lowest BCUT2D eigenvalue weighted by atomic mass is 9.81. The van der Waals surface area contributed by atoms with E-state index in [-0.39, 0.29) is 18.3 Å². The highest BCUT2D eigenvalue weighted by Crippen LogP contribution is 2.33. The maximum Gasteiger partial charge on any atom is 0.303 e. The number of nitrogens with one attached hydrogen (secondary N) is 1. The van der Waals surface area contributed by atoms with Gasteiger partial charge in [-0.3, -0.25) is 9.79 Å². The van der Waals surface area contributed by atoms with E-state index in [9.17, 15) is 15.2 Å². The number of aliphatic imine (C=N–C) groups is 1. The topological polar surface area (TPSA) is 134 Å². The molecule has 0 radical (unpaired) electrons. The Balaban J connectivity index is 1.71. The van der Waals surface area contributed by atoms with Crippen molar-refractivity contribution in [3.63, 3.8) is 0 Å². The van der Waals surface area contributed by atoms with Crippen molar-refractivity contribution in [3.8, 4) is 6.07 Å². The Kier molecular flexibility index (Phi) is 9.29. The molecule has 0 bridgehead atoms. The van der Waals surface area contributed by atoms with Crippen molar-refractivity contribution >= 4 is 17.7 Å². The Bertz CT molecular complexity index is 1220. The minimum atomic E-state index is -0.949. The van der Waals surface area contributed by atoms with E-state index < -0.39 is 11.9 Å². The van der Waals surface area contributed by atoms with Gasteiger partial charge in [-0.25, -0.2) is 4.98 Å². The summed E-state index contributed by atoms with van der Waals surface area (Å²) in [7, 11) is 1.62. The van der Waals surface area contributed by atoms with Gasteiger partial charge in [0.25, 0.3) is 0 Å². The van der Waals surface area contributed by atoms with E-state index in [1.807, 2.05) is 18.2 Å². The molecular weight excluding hydrogens is 466 g/mol. The average molecular weight is 504 g/mol. The third-order valence-corrected chi connectivity index (χ3v) is 6.47. The zero-order valence-corrected chi connectivity index (χ0v) is 22.2. The zero-order valence-electron chi connectivity index (χ0n) is 22.2. The van der Waals surface area contributed by atoms with Crippen LogP contribution in [0, 0.1) is 11.3 Å². The van der Waals surface area contributed by atoms with E-state index in [0.29, 0.717) is 35.7 Å².